The van der Waals surface area contributed by atoms with Crippen LogP contribution in [-0.2, 0) is 29.7 Å². The molecule has 37 heavy (non-hydrogen) atoms. The van der Waals surface area contributed by atoms with E-state index in [2.05, 4.69) is 38.7 Å². The molecule has 10 nitrogen and oxygen atoms in total. The zero-order valence-corrected chi connectivity index (χ0v) is 20.9. The van der Waals surface area contributed by atoms with Gasteiger partial charge in [0.25, 0.3) is 5.91 Å². The highest BCUT2D eigenvalue weighted by atomic mass is 16.5. The monoisotopic (exact) mass is 502 g/mol. The topological polar surface area (TPSA) is 110 Å². The lowest BCUT2D eigenvalue weighted by atomic mass is 10.0. The van der Waals surface area contributed by atoms with Gasteiger partial charge in [0.1, 0.15) is 23.9 Å². The fourth-order valence-corrected chi connectivity index (χ4v) is 5.71. The quantitative estimate of drug-likeness (QED) is 0.515. The summed E-state index contributed by atoms with van der Waals surface area (Å²) in [6.07, 6.45) is 4.01. The van der Waals surface area contributed by atoms with Crippen LogP contribution in [0.5, 0.6) is 5.75 Å². The van der Waals surface area contributed by atoms with Crippen LogP contribution in [-0.4, -0.2) is 67.8 Å². The summed E-state index contributed by atoms with van der Waals surface area (Å²) in [5.74, 6) is -0.130. The van der Waals surface area contributed by atoms with Crippen LogP contribution in [0.15, 0.2) is 36.4 Å². The zero-order valence-electron chi connectivity index (χ0n) is 20.9. The Kier molecular flexibility index (Phi) is 6.11. The van der Waals surface area contributed by atoms with Gasteiger partial charge in [-0.2, -0.15) is 0 Å². The van der Waals surface area contributed by atoms with Crippen molar-refractivity contribution in [3.8, 4) is 5.75 Å². The Morgan fingerprint density at radius 3 is 2.84 bits per heavy atom. The first kappa shape index (κ1) is 23.6. The van der Waals surface area contributed by atoms with Crippen LogP contribution in [0.3, 0.4) is 0 Å². The molecule has 1 aromatic heterocycles. The Bertz CT molecular complexity index is 1380. The van der Waals surface area contributed by atoms with Gasteiger partial charge in [-0.3, -0.25) is 24.6 Å². The number of likely N-dealkylation sites (tertiary alicyclic amines) is 1. The molecular formula is C27H30N6O4. The summed E-state index contributed by atoms with van der Waals surface area (Å²) in [6.45, 7) is 2.77. The SMILES string of the molecule is Cn1nnc2cc(CN3CCCCC3COc3ccc4c(c3)CN(C3CCC(=O)NC3=O)C4=O)ccc21. The Morgan fingerprint density at radius 2 is 1.97 bits per heavy atom. The smallest absolute Gasteiger partial charge is 0.255 e. The van der Waals surface area contributed by atoms with Crippen molar-refractivity contribution in [2.75, 3.05) is 13.2 Å². The first-order valence-electron chi connectivity index (χ1n) is 12.9. The molecule has 192 valence electrons. The second-order valence-corrected chi connectivity index (χ2v) is 10.2. The van der Waals surface area contributed by atoms with Crippen LogP contribution in [0.1, 0.15) is 53.6 Å². The molecule has 0 bridgehead atoms. The Labute approximate surface area is 214 Å². The Hall–Kier alpha value is -3.79. The number of fused-ring (bicyclic) bond motifs is 2. The third kappa shape index (κ3) is 4.57. The van der Waals surface area contributed by atoms with Gasteiger partial charge in [0.2, 0.25) is 11.8 Å². The van der Waals surface area contributed by atoms with Gasteiger partial charge in [0.05, 0.1) is 5.52 Å². The highest BCUT2D eigenvalue weighted by molar-refractivity contribution is 6.05. The molecule has 3 amide bonds. The molecule has 2 atom stereocenters. The van der Waals surface area contributed by atoms with Gasteiger partial charge in [-0.15, -0.1) is 5.10 Å². The van der Waals surface area contributed by atoms with Gasteiger partial charge < -0.3 is 9.64 Å². The number of hydrogen-bond donors (Lipinski definition) is 1. The number of ether oxygens (including phenoxy) is 1. The lowest BCUT2D eigenvalue weighted by Gasteiger charge is -2.35. The highest BCUT2D eigenvalue weighted by Gasteiger charge is 2.39. The van der Waals surface area contributed by atoms with E-state index in [1.807, 2.05) is 19.2 Å². The molecule has 2 saturated heterocycles. The van der Waals surface area contributed by atoms with Crippen LogP contribution in [0.4, 0.5) is 0 Å². The fraction of sp³-hybridized carbons (Fsp3) is 0.444. The van der Waals surface area contributed by atoms with E-state index in [0.29, 0.717) is 31.2 Å². The normalized spacial score (nSPS) is 22.4. The highest BCUT2D eigenvalue weighted by Crippen LogP contribution is 2.31. The number of rotatable bonds is 6. The molecule has 3 aliphatic rings. The summed E-state index contributed by atoms with van der Waals surface area (Å²) in [5.41, 5.74) is 4.59. The number of nitrogens with zero attached hydrogens (tertiary/aromatic N) is 5. The number of amides is 3. The van der Waals surface area contributed by atoms with E-state index in [0.717, 1.165) is 41.9 Å². The maximum absolute atomic E-state index is 12.9. The molecule has 3 aromatic rings. The summed E-state index contributed by atoms with van der Waals surface area (Å²) in [6, 6.07) is 11.5. The first-order valence-corrected chi connectivity index (χ1v) is 12.9. The third-order valence-corrected chi connectivity index (χ3v) is 7.75. The van der Waals surface area contributed by atoms with Gasteiger partial charge >= 0.3 is 0 Å². The lowest BCUT2D eigenvalue weighted by molar-refractivity contribution is -0.136. The molecule has 4 heterocycles. The van der Waals surface area contributed by atoms with Crippen LogP contribution in [0, 0.1) is 0 Å². The molecule has 0 saturated carbocycles. The number of nitrogens with one attached hydrogen (secondary N) is 1. The summed E-state index contributed by atoms with van der Waals surface area (Å²) >= 11 is 0. The van der Waals surface area contributed by atoms with Gasteiger partial charge in [0.15, 0.2) is 0 Å². The maximum Gasteiger partial charge on any atom is 0.255 e. The molecule has 6 rings (SSSR count). The average molecular weight is 503 g/mol. The summed E-state index contributed by atoms with van der Waals surface area (Å²) in [4.78, 5) is 40.8. The minimum absolute atomic E-state index is 0.172. The average Bonchev–Trinajstić information content (AvgIpc) is 3.42. The van der Waals surface area contributed by atoms with E-state index in [1.165, 1.54) is 18.4 Å². The van der Waals surface area contributed by atoms with Crippen molar-refractivity contribution < 1.29 is 19.1 Å². The summed E-state index contributed by atoms with van der Waals surface area (Å²) < 4.78 is 8.02. The molecule has 0 spiro atoms. The fourth-order valence-electron chi connectivity index (χ4n) is 5.71. The summed E-state index contributed by atoms with van der Waals surface area (Å²) in [7, 11) is 1.90. The molecule has 1 N–H and O–H groups in total. The third-order valence-electron chi connectivity index (χ3n) is 7.75. The number of carbonyl (C=O) groups is 3. The van der Waals surface area contributed by atoms with Crippen molar-refractivity contribution in [1.82, 2.24) is 30.1 Å². The van der Waals surface area contributed by atoms with Crippen LogP contribution >= 0.6 is 0 Å². The van der Waals surface area contributed by atoms with Gasteiger partial charge in [0, 0.05) is 38.2 Å². The largest absolute Gasteiger partial charge is 0.492 e. The number of hydrogen-bond acceptors (Lipinski definition) is 7. The second-order valence-electron chi connectivity index (χ2n) is 10.2. The molecule has 0 aliphatic carbocycles. The van der Waals surface area contributed by atoms with Crippen molar-refractivity contribution in [2.45, 2.75) is 57.3 Å². The van der Waals surface area contributed by atoms with E-state index >= 15 is 0 Å². The number of aryl methyl sites for hydroxylation is 1. The van der Waals surface area contributed by atoms with E-state index in [4.69, 9.17) is 4.74 Å². The van der Waals surface area contributed by atoms with E-state index in [1.54, 1.807) is 15.6 Å². The van der Waals surface area contributed by atoms with Crippen molar-refractivity contribution in [1.29, 1.82) is 0 Å². The second kappa shape index (κ2) is 9.59. The first-order chi connectivity index (χ1) is 18.0. The van der Waals surface area contributed by atoms with E-state index in [9.17, 15) is 14.4 Å². The van der Waals surface area contributed by atoms with Crippen LogP contribution < -0.4 is 10.1 Å². The van der Waals surface area contributed by atoms with Crippen LogP contribution in [0.2, 0.25) is 0 Å². The standard InChI is InChI=1S/C27H30N6O4/c1-31-23-8-5-17(12-22(23)29-30-31)14-32-11-3-2-4-19(32)16-37-20-6-7-21-18(13-20)15-33(27(21)36)24-9-10-25(34)28-26(24)35/h5-8,12-13,19,24H,2-4,9-11,14-16H2,1H3,(H,28,34,35). The molecule has 10 heteroatoms. The predicted molar refractivity (Wildman–Crippen MR) is 135 cm³/mol. The number of benzene rings is 2. The van der Waals surface area contributed by atoms with Crippen molar-refractivity contribution in [3.05, 3.63) is 53.1 Å². The number of carbonyl (C=O) groups excluding carboxylic acids is 3. The molecule has 2 aromatic carbocycles. The van der Waals surface area contributed by atoms with Crippen molar-refractivity contribution in [3.63, 3.8) is 0 Å². The zero-order chi connectivity index (χ0) is 25.5. The molecule has 3 aliphatic heterocycles. The number of piperidine rings is 2. The Balaban J connectivity index is 1.11. The summed E-state index contributed by atoms with van der Waals surface area (Å²) in [5, 5.41) is 10.7. The molecular weight excluding hydrogens is 472 g/mol. The molecule has 2 unspecified atom stereocenters. The minimum atomic E-state index is -0.612. The van der Waals surface area contributed by atoms with Crippen molar-refractivity contribution >= 4 is 28.8 Å². The van der Waals surface area contributed by atoms with E-state index in [-0.39, 0.29) is 18.2 Å². The molecule has 2 fully saturated rings. The Morgan fingerprint density at radius 1 is 1.08 bits per heavy atom. The van der Waals surface area contributed by atoms with Gasteiger partial charge in [-0.1, -0.05) is 17.7 Å². The molecule has 0 radical (unpaired) electrons. The van der Waals surface area contributed by atoms with Crippen molar-refractivity contribution in [2.24, 2.45) is 7.05 Å². The lowest BCUT2D eigenvalue weighted by Crippen LogP contribution is -2.52. The van der Waals surface area contributed by atoms with Gasteiger partial charge in [-0.25, -0.2) is 4.68 Å². The van der Waals surface area contributed by atoms with E-state index < -0.39 is 11.9 Å². The maximum atomic E-state index is 12.9. The van der Waals surface area contributed by atoms with Crippen LogP contribution in [0.25, 0.3) is 11.0 Å². The number of aromatic nitrogens is 3. The van der Waals surface area contributed by atoms with Gasteiger partial charge in [-0.05, 0) is 67.3 Å². The predicted octanol–water partition coefficient (Wildman–Crippen LogP) is 2.16. The number of imide groups is 1. The minimum Gasteiger partial charge on any atom is -0.492 e.